The topological polar surface area (TPSA) is 63.2 Å². The van der Waals surface area contributed by atoms with E-state index < -0.39 is 12.1 Å². The minimum atomic E-state index is -1.28. The number of rotatable bonds is 2. The van der Waals surface area contributed by atoms with Crippen molar-refractivity contribution in [1.82, 2.24) is 0 Å². The number of carbonyl (C=O) groups is 1. The van der Waals surface area contributed by atoms with Gasteiger partial charge in [0.15, 0.2) is 0 Å². The molecule has 0 N–H and O–H groups in total. The standard InChI is InChI=1S/C4H7O3.Ca/c1-3(5)2-4(6)7;/h3H,2H2,1H3,(H,6,7);/q-1;+2/p-1. The van der Waals surface area contributed by atoms with Gasteiger partial charge in [0, 0.05) is 5.97 Å². The van der Waals surface area contributed by atoms with Crippen LogP contribution in [0, 0.1) is 0 Å². The average Bonchev–Trinajstić information content (AvgIpc) is 1.27. The molecule has 0 radical (unpaired) electrons. The number of hydrogen-bond donors (Lipinski definition) is 0. The molecule has 0 aliphatic rings. The van der Waals surface area contributed by atoms with Crippen molar-refractivity contribution in [3.8, 4) is 0 Å². The molecule has 0 spiro atoms. The molecule has 42 valence electrons. The van der Waals surface area contributed by atoms with Crippen molar-refractivity contribution in [2.75, 3.05) is 0 Å². The maximum absolute atomic E-state index is 9.92. The fourth-order valence-corrected chi connectivity index (χ4v) is 0.235. The van der Waals surface area contributed by atoms with E-state index in [9.17, 15) is 15.0 Å². The summed E-state index contributed by atoms with van der Waals surface area (Å²) in [6.45, 7) is 1.29. The van der Waals surface area contributed by atoms with Gasteiger partial charge in [-0.05, 0) is 6.42 Å². The Balaban J connectivity index is 0. The van der Waals surface area contributed by atoms with Crippen LogP contribution in [0.2, 0.25) is 0 Å². The second-order valence-electron chi connectivity index (χ2n) is 1.39. The Morgan fingerprint density at radius 3 is 2.12 bits per heavy atom. The Hall–Kier alpha value is 0.690. The van der Waals surface area contributed by atoms with Gasteiger partial charge in [-0.25, -0.2) is 0 Å². The molecule has 0 saturated heterocycles. The molecular weight excluding hydrogens is 136 g/mol. The molecule has 3 nitrogen and oxygen atoms in total. The minimum Gasteiger partial charge on any atom is -0.852 e. The third-order valence-electron chi connectivity index (χ3n) is 0.454. The first kappa shape index (κ1) is 11.5. The first-order valence-electron chi connectivity index (χ1n) is 1.98. The first-order chi connectivity index (χ1) is 3.13. The summed E-state index contributed by atoms with van der Waals surface area (Å²) < 4.78 is 0. The number of hydrogen-bond acceptors (Lipinski definition) is 3. The molecule has 0 bridgehead atoms. The van der Waals surface area contributed by atoms with Crippen LogP contribution in [0.5, 0.6) is 0 Å². The van der Waals surface area contributed by atoms with Crippen LogP contribution in [0.1, 0.15) is 13.3 Å². The molecule has 0 heterocycles. The fourth-order valence-electron chi connectivity index (χ4n) is 0.235. The Morgan fingerprint density at radius 1 is 1.75 bits per heavy atom. The predicted molar refractivity (Wildman–Crippen MR) is 24.8 cm³/mol. The summed E-state index contributed by atoms with van der Waals surface area (Å²) in [4.78, 5) is 9.50. The number of aliphatic carboxylic acids is 1. The van der Waals surface area contributed by atoms with Gasteiger partial charge < -0.3 is 15.0 Å². The maximum Gasteiger partial charge on any atom is 2.00 e. The average molecular weight is 142 g/mol. The molecule has 0 aromatic heterocycles. The van der Waals surface area contributed by atoms with Crippen molar-refractivity contribution < 1.29 is 15.0 Å². The zero-order valence-electron chi connectivity index (χ0n) is 4.72. The molecule has 0 aromatic rings. The fraction of sp³-hybridized carbons (Fsp3) is 0.750. The van der Waals surface area contributed by atoms with Crippen molar-refractivity contribution in [2.24, 2.45) is 0 Å². The summed E-state index contributed by atoms with van der Waals surface area (Å²) in [5.74, 6) is -1.28. The van der Waals surface area contributed by atoms with E-state index in [-0.39, 0.29) is 44.2 Å². The zero-order chi connectivity index (χ0) is 5.86. The van der Waals surface area contributed by atoms with E-state index in [1.165, 1.54) is 6.92 Å². The monoisotopic (exact) mass is 142 g/mol. The summed E-state index contributed by atoms with van der Waals surface area (Å²) >= 11 is 0. The summed E-state index contributed by atoms with van der Waals surface area (Å²) in [5, 5.41) is 19.4. The van der Waals surface area contributed by atoms with Gasteiger partial charge in [-0.15, -0.1) is 6.10 Å². The van der Waals surface area contributed by atoms with Crippen LogP contribution < -0.4 is 10.2 Å². The van der Waals surface area contributed by atoms with E-state index >= 15 is 0 Å². The van der Waals surface area contributed by atoms with Crippen LogP contribution in [0.15, 0.2) is 0 Å². The van der Waals surface area contributed by atoms with E-state index in [0.717, 1.165) is 0 Å². The molecule has 0 aliphatic heterocycles. The van der Waals surface area contributed by atoms with E-state index in [2.05, 4.69) is 0 Å². The van der Waals surface area contributed by atoms with E-state index in [1.807, 2.05) is 0 Å². The van der Waals surface area contributed by atoms with E-state index in [0.29, 0.717) is 0 Å². The molecule has 0 amide bonds. The van der Waals surface area contributed by atoms with Crippen molar-refractivity contribution in [1.29, 1.82) is 0 Å². The summed E-state index contributed by atoms with van der Waals surface area (Å²) in [5.41, 5.74) is 0. The van der Waals surface area contributed by atoms with Crippen molar-refractivity contribution >= 4 is 43.7 Å². The first-order valence-corrected chi connectivity index (χ1v) is 1.98. The number of carboxylic acid groups (broad SMARTS) is 1. The SMILES string of the molecule is CC([O-])CC(=O)[O-].[Ca+2]. The third-order valence-corrected chi connectivity index (χ3v) is 0.454. The summed E-state index contributed by atoms with van der Waals surface area (Å²) in [7, 11) is 0. The van der Waals surface area contributed by atoms with E-state index in [4.69, 9.17) is 0 Å². The third kappa shape index (κ3) is 9.85. The van der Waals surface area contributed by atoms with Gasteiger partial charge in [-0.2, -0.15) is 0 Å². The van der Waals surface area contributed by atoms with Gasteiger partial charge in [0.25, 0.3) is 0 Å². The van der Waals surface area contributed by atoms with Gasteiger partial charge in [0.05, 0.1) is 0 Å². The molecule has 0 aromatic carbocycles. The van der Waals surface area contributed by atoms with Gasteiger partial charge >= 0.3 is 37.7 Å². The zero-order valence-corrected chi connectivity index (χ0v) is 6.92. The Kier molecular flexibility index (Phi) is 8.35. The van der Waals surface area contributed by atoms with Crippen molar-refractivity contribution in [3.63, 3.8) is 0 Å². The molecule has 4 heteroatoms. The van der Waals surface area contributed by atoms with Gasteiger partial charge in [-0.1, -0.05) is 6.92 Å². The molecule has 0 saturated carbocycles. The molecule has 0 aliphatic carbocycles. The van der Waals surface area contributed by atoms with Crippen LogP contribution in [0.4, 0.5) is 0 Å². The number of carbonyl (C=O) groups excluding carboxylic acids is 1. The normalized spacial score (nSPS) is 11.8. The largest absolute Gasteiger partial charge is 2.00 e. The second-order valence-corrected chi connectivity index (χ2v) is 1.39. The molecule has 0 fully saturated rings. The van der Waals surface area contributed by atoms with Crippen LogP contribution in [0.25, 0.3) is 0 Å². The Bertz CT molecular complexity index is 71.7. The quantitative estimate of drug-likeness (QED) is 0.400. The minimum absolute atomic E-state index is 0. The predicted octanol–water partition coefficient (Wildman–Crippen LogP) is -2.51. The Labute approximate surface area is 77.7 Å². The molecule has 1 atom stereocenters. The molecule has 8 heavy (non-hydrogen) atoms. The van der Waals surface area contributed by atoms with Gasteiger partial charge in [0.1, 0.15) is 0 Å². The number of carboxylic acids is 1. The Morgan fingerprint density at radius 2 is 2.12 bits per heavy atom. The van der Waals surface area contributed by atoms with Gasteiger partial charge in [0.2, 0.25) is 0 Å². The van der Waals surface area contributed by atoms with Crippen LogP contribution >= 0.6 is 0 Å². The molecular formula is C4H6CaO3. The van der Waals surface area contributed by atoms with Crippen molar-refractivity contribution in [2.45, 2.75) is 19.4 Å². The van der Waals surface area contributed by atoms with Crippen LogP contribution in [-0.2, 0) is 4.79 Å². The van der Waals surface area contributed by atoms with Crippen LogP contribution in [-0.4, -0.2) is 49.8 Å². The molecule has 1 unspecified atom stereocenters. The van der Waals surface area contributed by atoms with E-state index in [1.54, 1.807) is 0 Å². The summed E-state index contributed by atoms with van der Waals surface area (Å²) in [6.07, 6.45) is -1.43. The van der Waals surface area contributed by atoms with Gasteiger partial charge in [-0.3, -0.25) is 0 Å². The smallest absolute Gasteiger partial charge is 0.852 e. The van der Waals surface area contributed by atoms with Crippen LogP contribution in [0.3, 0.4) is 0 Å². The second kappa shape index (κ2) is 5.82. The maximum atomic E-state index is 9.92. The van der Waals surface area contributed by atoms with Crippen molar-refractivity contribution in [3.05, 3.63) is 0 Å². The summed E-state index contributed by atoms with van der Waals surface area (Å²) in [6, 6.07) is 0. The molecule has 0 rings (SSSR count).